The van der Waals surface area contributed by atoms with Gasteiger partial charge in [-0.15, -0.1) is 0 Å². The Hall–Kier alpha value is -0.120. The zero-order chi connectivity index (χ0) is 11.3. The summed E-state index contributed by atoms with van der Waals surface area (Å²) in [7, 11) is 1.76. The number of aliphatic hydroxyl groups is 1. The van der Waals surface area contributed by atoms with Crippen LogP contribution in [0.2, 0.25) is 0 Å². The maximum absolute atomic E-state index is 10.3. The van der Waals surface area contributed by atoms with Crippen LogP contribution in [0.25, 0.3) is 0 Å². The largest absolute Gasteiger partial charge is 0.389 e. The van der Waals surface area contributed by atoms with Crippen molar-refractivity contribution in [2.45, 2.75) is 51.2 Å². The molecule has 1 aliphatic rings. The Kier molecular flexibility index (Phi) is 5.03. The molecule has 90 valence electrons. The molecule has 0 aliphatic heterocycles. The molecular formula is C12H25NO2. The van der Waals surface area contributed by atoms with Crippen molar-refractivity contribution in [3.8, 4) is 0 Å². The van der Waals surface area contributed by atoms with E-state index in [9.17, 15) is 5.11 Å². The molecule has 0 atom stereocenters. The van der Waals surface area contributed by atoms with Crippen LogP contribution in [0.3, 0.4) is 0 Å². The summed E-state index contributed by atoms with van der Waals surface area (Å²) in [5.74, 6) is 0.643. The molecule has 1 rings (SSSR count). The highest BCUT2D eigenvalue weighted by atomic mass is 16.5. The molecule has 0 spiro atoms. The smallest absolute Gasteiger partial charge is 0.0773 e. The number of ether oxygens (including phenoxy) is 1. The molecule has 3 heteroatoms. The first-order chi connectivity index (χ1) is 7.06. The fourth-order valence-corrected chi connectivity index (χ4v) is 2.13. The molecule has 1 fully saturated rings. The lowest BCUT2D eigenvalue weighted by atomic mass is 9.83. The molecule has 1 saturated carbocycles. The molecule has 0 radical (unpaired) electrons. The number of hydrogen-bond donors (Lipinski definition) is 2. The number of nitrogens with one attached hydrogen (secondary N) is 1. The first kappa shape index (κ1) is 12.9. The van der Waals surface area contributed by atoms with Crippen LogP contribution in [0, 0.1) is 5.92 Å². The van der Waals surface area contributed by atoms with Gasteiger partial charge in [-0.1, -0.05) is 13.8 Å². The summed E-state index contributed by atoms with van der Waals surface area (Å²) >= 11 is 0. The topological polar surface area (TPSA) is 41.5 Å². The summed E-state index contributed by atoms with van der Waals surface area (Å²) in [4.78, 5) is 0. The van der Waals surface area contributed by atoms with Gasteiger partial charge in [-0.05, 0) is 38.1 Å². The normalized spacial score (nSPS) is 32.2. The summed E-state index contributed by atoms with van der Waals surface area (Å²) in [5.41, 5.74) is -0.496. The predicted molar refractivity (Wildman–Crippen MR) is 61.9 cm³/mol. The van der Waals surface area contributed by atoms with E-state index in [-0.39, 0.29) is 0 Å². The van der Waals surface area contributed by atoms with Crippen molar-refractivity contribution in [2.24, 2.45) is 5.92 Å². The minimum atomic E-state index is -0.496. The highest BCUT2D eigenvalue weighted by Gasteiger charge is 2.32. The summed E-state index contributed by atoms with van der Waals surface area (Å²) in [5, 5.41) is 13.6. The van der Waals surface area contributed by atoms with E-state index in [1.54, 1.807) is 7.11 Å². The van der Waals surface area contributed by atoms with E-state index in [1.165, 1.54) is 0 Å². The fraction of sp³-hybridized carbons (Fsp3) is 1.00. The Morgan fingerprint density at radius 2 is 2.00 bits per heavy atom. The van der Waals surface area contributed by atoms with Gasteiger partial charge in [0.1, 0.15) is 0 Å². The predicted octanol–water partition coefficient (Wildman–Crippen LogP) is 1.55. The van der Waals surface area contributed by atoms with Crippen molar-refractivity contribution in [3.63, 3.8) is 0 Å². The monoisotopic (exact) mass is 215 g/mol. The van der Waals surface area contributed by atoms with Crippen molar-refractivity contribution >= 4 is 0 Å². The maximum atomic E-state index is 10.3. The lowest BCUT2D eigenvalue weighted by Gasteiger charge is -2.35. The highest BCUT2D eigenvalue weighted by Crippen LogP contribution is 2.29. The molecule has 0 aromatic carbocycles. The molecule has 0 unspecified atom stereocenters. The summed E-state index contributed by atoms with van der Waals surface area (Å²) in [6.07, 6.45) is 4.04. The van der Waals surface area contributed by atoms with E-state index in [1.807, 2.05) is 0 Å². The van der Waals surface area contributed by atoms with Crippen LogP contribution < -0.4 is 5.32 Å². The van der Waals surface area contributed by atoms with Gasteiger partial charge in [0.05, 0.1) is 11.7 Å². The van der Waals surface area contributed by atoms with E-state index in [0.29, 0.717) is 12.0 Å². The Morgan fingerprint density at radius 1 is 1.40 bits per heavy atom. The molecule has 1 aliphatic carbocycles. The van der Waals surface area contributed by atoms with Crippen molar-refractivity contribution in [1.29, 1.82) is 0 Å². The second kappa shape index (κ2) is 5.83. The lowest BCUT2D eigenvalue weighted by Crippen LogP contribution is -2.45. The average Bonchev–Trinajstić information content (AvgIpc) is 2.18. The second-order valence-corrected chi connectivity index (χ2v) is 5.18. The summed E-state index contributed by atoms with van der Waals surface area (Å²) < 4.78 is 5.30. The van der Waals surface area contributed by atoms with Crippen LogP contribution >= 0.6 is 0 Å². The Bertz CT molecular complexity index is 174. The number of rotatable bonds is 5. The zero-order valence-corrected chi connectivity index (χ0v) is 10.3. The van der Waals surface area contributed by atoms with Gasteiger partial charge in [-0.3, -0.25) is 0 Å². The van der Waals surface area contributed by atoms with Crippen molar-refractivity contribution in [1.82, 2.24) is 5.32 Å². The van der Waals surface area contributed by atoms with E-state index < -0.39 is 5.60 Å². The van der Waals surface area contributed by atoms with Gasteiger partial charge in [0, 0.05) is 13.7 Å². The molecule has 15 heavy (non-hydrogen) atoms. The van der Waals surface area contributed by atoms with Crippen LogP contribution in [-0.4, -0.2) is 37.0 Å². The third-order valence-corrected chi connectivity index (χ3v) is 3.20. The minimum Gasteiger partial charge on any atom is -0.389 e. The Balaban J connectivity index is 2.22. The zero-order valence-electron chi connectivity index (χ0n) is 10.3. The average molecular weight is 215 g/mol. The molecular weight excluding hydrogens is 190 g/mol. The van der Waals surface area contributed by atoms with Gasteiger partial charge < -0.3 is 15.2 Å². The molecule has 0 amide bonds. The van der Waals surface area contributed by atoms with E-state index in [0.717, 1.165) is 38.8 Å². The van der Waals surface area contributed by atoms with Gasteiger partial charge in [-0.2, -0.15) is 0 Å². The van der Waals surface area contributed by atoms with Gasteiger partial charge in [0.25, 0.3) is 0 Å². The number of methoxy groups -OCH3 is 1. The van der Waals surface area contributed by atoms with Crippen molar-refractivity contribution in [2.75, 3.05) is 20.2 Å². The standard InChI is InChI=1S/C12H25NO2/c1-10(2)8-13-9-12(14)6-4-11(15-3)5-7-12/h10-11,13-14H,4-9H2,1-3H3. The van der Waals surface area contributed by atoms with Gasteiger partial charge >= 0.3 is 0 Å². The SMILES string of the molecule is COC1CCC(O)(CNCC(C)C)CC1. The molecule has 0 bridgehead atoms. The minimum absolute atomic E-state index is 0.357. The molecule has 2 N–H and O–H groups in total. The Morgan fingerprint density at radius 3 is 2.47 bits per heavy atom. The molecule has 0 heterocycles. The molecule has 0 saturated heterocycles. The van der Waals surface area contributed by atoms with E-state index in [4.69, 9.17) is 4.74 Å². The van der Waals surface area contributed by atoms with Crippen molar-refractivity contribution in [3.05, 3.63) is 0 Å². The van der Waals surface area contributed by atoms with Crippen molar-refractivity contribution < 1.29 is 9.84 Å². The summed E-state index contributed by atoms with van der Waals surface area (Å²) in [6, 6.07) is 0. The van der Waals surface area contributed by atoms with E-state index in [2.05, 4.69) is 19.2 Å². The Labute approximate surface area is 93.2 Å². The van der Waals surface area contributed by atoms with Crippen LogP contribution in [0.15, 0.2) is 0 Å². The molecule has 3 nitrogen and oxygen atoms in total. The lowest BCUT2D eigenvalue weighted by molar-refractivity contribution is -0.0420. The van der Waals surface area contributed by atoms with Gasteiger partial charge in [0.15, 0.2) is 0 Å². The molecule has 0 aromatic rings. The fourth-order valence-electron chi connectivity index (χ4n) is 2.13. The summed E-state index contributed by atoms with van der Waals surface area (Å²) in [6.45, 7) is 6.06. The third kappa shape index (κ3) is 4.49. The van der Waals surface area contributed by atoms with Crippen LogP contribution in [0.5, 0.6) is 0 Å². The third-order valence-electron chi connectivity index (χ3n) is 3.20. The molecule has 0 aromatic heterocycles. The van der Waals surface area contributed by atoms with Gasteiger partial charge in [-0.25, -0.2) is 0 Å². The van der Waals surface area contributed by atoms with Crippen LogP contribution in [0.1, 0.15) is 39.5 Å². The first-order valence-electron chi connectivity index (χ1n) is 6.01. The second-order valence-electron chi connectivity index (χ2n) is 5.18. The first-order valence-corrected chi connectivity index (χ1v) is 6.01. The van der Waals surface area contributed by atoms with Crippen LogP contribution in [0.4, 0.5) is 0 Å². The van der Waals surface area contributed by atoms with Gasteiger partial charge in [0.2, 0.25) is 0 Å². The quantitative estimate of drug-likeness (QED) is 0.731. The maximum Gasteiger partial charge on any atom is 0.0773 e. The highest BCUT2D eigenvalue weighted by molar-refractivity contribution is 4.87. The van der Waals surface area contributed by atoms with Crippen LogP contribution in [-0.2, 0) is 4.74 Å². The number of hydrogen-bond acceptors (Lipinski definition) is 3. The van der Waals surface area contributed by atoms with E-state index >= 15 is 0 Å².